The maximum absolute atomic E-state index is 13.2. The number of thiol groups is 1. The van der Waals surface area contributed by atoms with Crippen LogP contribution in [0, 0.1) is 0 Å². The fraction of sp³-hybridized carbons (Fsp3) is 0.240. The average Bonchev–Trinajstić information content (AvgIpc) is 3.01. The van der Waals surface area contributed by atoms with E-state index in [-0.39, 0.29) is 5.91 Å². The second-order valence-electron chi connectivity index (χ2n) is 5.57. The highest BCUT2D eigenvalue weighted by molar-refractivity contribution is 7.83. The lowest BCUT2D eigenvalue weighted by atomic mass is 9.68. The van der Waals surface area contributed by atoms with E-state index in [1.54, 1.807) is 17.6 Å². The van der Waals surface area contributed by atoms with Crippen molar-refractivity contribution in [1.29, 1.82) is 0 Å². The first kappa shape index (κ1) is 25.5. The van der Waals surface area contributed by atoms with Gasteiger partial charge in [0.25, 0.3) is 0 Å². The van der Waals surface area contributed by atoms with Crippen LogP contribution in [-0.4, -0.2) is 5.91 Å². The summed E-state index contributed by atoms with van der Waals surface area (Å²) in [7, 11) is 0. The van der Waals surface area contributed by atoms with Gasteiger partial charge in [0.1, 0.15) is 5.41 Å². The summed E-state index contributed by atoms with van der Waals surface area (Å²) in [5, 5.41) is 4.61. The molecule has 1 aromatic rings. The first-order valence-electron chi connectivity index (χ1n) is 9.57. The quantitative estimate of drug-likeness (QED) is 0.388. The number of amides is 1. The minimum absolute atomic E-state index is 0.129. The molecule has 1 unspecified atom stereocenters. The van der Waals surface area contributed by atoms with Gasteiger partial charge in [-0.1, -0.05) is 102 Å². The van der Waals surface area contributed by atoms with Gasteiger partial charge in [0, 0.05) is 11.3 Å². The third-order valence-corrected chi connectivity index (χ3v) is 4.11. The number of para-hydroxylation sites is 1. The molecule has 2 nitrogen and oxygen atoms in total. The summed E-state index contributed by atoms with van der Waals surface area (Å²) in [6.45, 7) is 21.5. The van der Waals surface area contributed by atoms with E-state index in [4.69, 9.17) is 0 Å². The summed E-state index contributed by atoms with van der Waals surface area (Å²) in [5.41, 5.74) is 3.03. The number of carbonyl (C=O) groups excluding carboxylic acids is 1. The number of anilines is 1. The Bertz CT molecular complexity index is 799. The van der Waals surface area contributed by atoms with E-state index in [9.17, 15) is 4.79 Å². The molecule has 1 heterocycles. The lowest BCUT2D eigenvalue weighted by Crippen LogP contribution is -2.37. The van der Waals surface area contributed by atoms with Gasteiger partial charge >= 0.3 is 0 Å². The van der Waals surface area contributed by atoms with Crippen molar-refractivity contribution in [2.75, 3.05) is 5.32 Å². The average molecular weight is 396 g/mol. The van der Waals surface area contributed by atoms with E-state index < -0.39 is 5.41 Å². The molecular formula is C25H33NOS. The molecule has 0 aromatic heterocycles. The first-order chi connectivity index (χ1) is 13.5. The highest BCUT2D eigenvalue weighted by Gasteiger charge is 2.50. The number of benzene rings is 1. The maximum Gasteiger partial charge on any atom is 0.244 e. The van der Waals surface area contributed by atoms with Gasteiger partial charge in [-0.2, -0.15) is 12.6 Å². The van der Waals surface area contributed by atoms with Crippen LogP contribution in [0.5, 0.6) is 0 Å². The van der Waals surface area contributed by atoms with Crippen LogP contribution in [0.3, 0.4) is 0 Å². The third kappa shape index (κ3) is 5.05. The normalized spacial score (nSPS) is 18.1. The second-order valence-corrected chi connectivity index (χ2v) is 5.87. The maximum atomic E-state index is 13.2. The van der Waals surface area contributed by atoms with Gasteiger partial charge in [-0.15, -0.1) is 0 Å². The molecule has 0 aliphatic carbocycles. The minimum atomic E-state index is -1.01. The monoisotopic (exact) mass is 395 g/mol. The number of nitrogens with one attached hydrogen (secondary N) is 1. The second kappa shape index (κ2) is 12.8. The number of rotatable bonds is 6. The third-order valence-electron chi connectivity index (χ3n) is 3.96. The molecule has 2 rings (SSSR count). The van der Waals surface area contributed by atoms with Gasteiger partial charge in [0.2, 0.25) is 5.91 Å². The number of fused-ring (bicyclic) bond motifs is 1. The van der Waals surface area contributed by atoms with E-state index >= 15 is 0 Å². The summed E-state index contributed by atoms with van der Waals surface area (Å²) in [6.07, 6.45) is 8.89. The van der Waals surface area contributed by atoms with Crippen molar-refractivity contribution in [2.24, 2.45) is 0 Å². The fourth-order valence-electron chi connectivity index (χ4n) is 3.10. The van der Waals surface area contributed by atoms with Crippen LogP contribution in [0.15, 0.2) is 96.5 Å². The summed E-state index contributed by atoms with van der Waals surface area (Å²) in [6, 6.07) is 7.67. The van der Waals surface area contributed by atoms with Crippen LogP contribution in [0.2, 0.25) is 0 Å². The Balaban J connectivity index is 0.00000171. The van der Waals surface area contributed by atoms with E-state index in [0.717, 1.165) is 28.0 Å². The Morgan fingerprint density at radius 2 is 1.71 bits per heavy atom. The summed E-state index contributed by atoms with van der Waals surface area (Å²) in [5.74, 6) is -0.129. The predicted molar refractivity (Wildman–Crippen MR) is 129 cm³/mol. The molecule has 0 fully saturated rings. The van der Waals surface area contributed by atoms with Crippen LogP contribution >= 0.6 is 12.6 Å². The summed E-state index contributed by atoms with van der Waals surface area (Å²) < 4.78 is 0. The molecule has 1 atom stereocenters. The Labute approximate surface area is 176 Å². The van der Waals surface area contributed by atoms with Gasteiger partial charge in [0.15, 0.2) is 0 Å². The van der Waals surface area contributed by atoms with E-state index in [2.05, 4.69) is 37.7 Å². The number of allylic oxidation sites excluding steroid dienone is 6. The molecule has 1 amide bonds. The molecule has 0 spiro atoms. The molecule has 1 aliphatic heterocycles. The highest BCUT2D eigenvalue weighted by atomic mass is 32.1. The molecular weight excluding hydrogens is 362 g/mol. The van der Waals surface area contributed by atoms with Crippen molar-refractivity contribution in [1.82, 2.24) is 0 Å². The van der Waals surface area contributed by atoms with E-state index in [1.165, 1.54) is 0 Å². The van der Waals surface area contributed by atoms with Gasteiger partial charge in [-0.25, -0.2) is 0 Å². The predicted octanol–water partition coefficient (Wildman–Crippen LogP) is 7.17. The standard InChI is InChI=1S/C21H21NOS.2C2H6/c1-5-9-16(6-2)21(17(12-13-24)14-15(3)4)18-10-7-8-11-19(18)22-20(21)23;2*1-2/h5-14,24H,1-3H2,4H3,(H,22,23);2*1-2H3/b13-12+,16-9+,17-14+;;. The van der Waals surface area contributed by atoms with Crippen molar-refractivity contribution in [3.8, 4) is 0 Å². The first-order valence-corrected chi connectivity index (χ1v) is 10.1. The molecule has 1 aliphatic rings. The molecule has 0 saturated carbocycles. The molecule has 0 saturated heterocycles. The van der Waals surface area contributed by atoms with Crippen LogP contribution in [-0.2, 0) is 10.2 Å². The van der Waals surface area contributed by atoms with Crippen molar-refractivity contribution in [3.63, 3.8) is 0 Å². The fourth-order valence-corrected chi connectivity index (χ4v) is 3.26. The number of carbonyl (C=O) groups is 1. The topological polar surface area (TPSA) is 29.1 Å². The zero-order chi connectivity index (χ0) is 21.7. The van der Waals surface area contributed by atoms with Gasteiger partial charge in [0.05, 0.1) is 0 Å². The van der Waals surface area contributed by atoms with Gasteiger partial charge in [-0.05, 0) is 29.5 Å². The Kier molecular flexibility index (Phi) is 11.6. The van der Waals surface area contributed by atoms with Crippen molar-refractivity contribution in [2.45, 2.75) is 40.0 Å². The van der Waals surface area contributed by atoms with Crippen LogP contribution in [0.25, 0.3) is 0 Å². The SMILES string of the molecule is C=C/C=C(\C=C)C1(C(/C=C/S)=C/C(=C)C)C(=O)Nc2ccccc21.CC.CC. The lowest BCUT2D eigenvalue weighted by Gasteiger charge is -2.31. The van der Waals surface area contributed by atoms with Crippen LogP contribution in [0.1, 0.15) is 40.2 Å². The molecule has 150 valence electrons. The molecule has 1 N–H and O–H groups in total. The van der Waals surface area contributed by atoms with E-state index in [1.807, 2.05) is 77.1 Å². The number of hydrogen-bond acceptors (Lipinski definition) is 2. The van der Waals surface area contributed by atoms with Gasteiger partial charge < -0.3 is 5.32 Å². The zero-order valence-corrected chi connectivity index (χ0v) is 18.6. The Hall–Kier alpha value is -2.52. The largest absolute Gasteiger partial charge is 0.324 e. The molecule has 1 aromatic carbocycles. The number of hydrogen-bond donors (Lipinski definition) is 2. The zero-order valence-electron chi connectivity index (χ0n) is 17.8. The molecule has 0 bridgehead atoms. The molecule has 0 radical (unpaired) electrons. The summed E-state index contributed by atoms with van der Waals surface area (Å²) in [4.78, 5) is 13.2. The van der Waals surface area contributed by atoms with Gasteiger partial charge in [-0.3, -0.25) is 4.79 Å². The van der Waals surface area contributed by atoms with Crippen molar-refractivity contribution in [3.05, 3.63) is 102 Å². The van der Waals surface area contributed by atoms with Crippen LogP contribution in [0.4, 0.5) is 5.69 Å². The molecule has 3 heteroatoms. The molecule has 28 heavy (non-hydrogen) atoms. The minimum Gasteiger partial charge on any atom is -0.324 e. The summed E-state index contributed by atoms with van der Waals surface area (Å²) >= 11 is 4.21. The van der Waals surface area contributed by atoms with E-state index in [0.29, 0.717) is 0 Å². The Morgan fingerprint density at radius 1 is 1.11 bits per heavy atom. The Morgan fingerprint density at radius 3 is 2.21 bits per heavy atom. The lowest BCUT2D eigenvalue weighted by molar-refractivity contribution is -0.118. The highest BCUT2D eigenvalue weighted by Crippen LogP contribution is 2.49. The van der Waals surface area contributed by atoms with Crippen molar-refractivity contribution < 1.29 is 4.79 Å². The van der Waals surface area contributed by atoms with Crippen molar-refractivity contribution >= 4 is 24.2 Å². The smallest absolute Gasteiger partial charge is 0.244 e. The van der Waals surface area contributed by atoms with Crippen LogP contribution < -0.4 is 5.32 Å².